The molecule has 2 aromatic heterocycles. The van der Waals surface area contributed by atoms with Gasteiger partial charge in [0.2, 0.25) is 11.8 Å². The number of quaternary nitrogens is 1. The number of piperidine rings is 1. The average Bonchev–Trinajstić information content (AvgIpc) is 3.06. The first kappa shape index (κ1) is 21.8. The van der Waals surface area contributed by atoms with E-state index in [-0.39, 0.29) is 17.5 Å². The van der Waals surface area contributed by atoms with Crippen molar-refractivity contribution in [1.29, 1.82) is 0 Å². The van der Waals surface area contributed by atoms with E-state index >= 15 is 0 Å². The van der Waals surface area contributed by atoms with Gasteiger partial charge < -0.3 is 21.9 Å². The Morgan fingerprint density at radius 3 is 2.66 bits per heavy atom. The monoisotopic (exact) mass is 439 g/mol. The zero-order chi connectivity index (χ0) is 23.3. The Morgan fingerprint density at radius 1 is 1.22 bits per heavy atom. The highest BCUT2D eigenvalue weighted by atomic mass is 16.4. The Labute approximate surface area is 186 Å². The zero-order valence-electron chi connectivity index (χ0n) is 18.9. The molecule has 32 heavy (non-hydrogen) atoms. The minimum atomic E-state index is -1.01. The number of aromatic nitrogens is 4. The molecule has 4 rings (SSSR count). The quantitative estimate of drug-likeness (QED) is 0.393. The van der Waals surface area contributed by atoms with E-state index < -0.39 is 6.09 Å². The van der Waals surface area contributed by atoms with Crippen LogP contribution in [0.1, 0.15) is 34.1 Å². The van der Waals surface area contributed by atoms with Gasteiger partial charge in [0.25, 0.3) is 0 Å². The predicted molar refractivity (Wildman–Crippen MR) is 126 cm³/mol. The Hall–Kier alpha value is -3.40. The minimum Gasteiger partial charge on any atom is -0.465 e. The normalized spacial score (nSPS) is 23.9. The van der Waals surface area contributed by atoms with E-state index in [1.807, 2.05) is 24.3 Å². The number of amides is 1. The highest BCUT2D eigenvalue weighted by molar-refractivity contribution is 5.91. The number of fused-ring (bicyclic) bond motifs is 1. The van der Waals surface area contributed by atoms with Crippen LogP contribution in [0.15, 0.2) is 24.3 Å². The number of nitrogens with one attached hydrogen (secondary N) is 2. The van der Waals surface area contributed by atoms with Gasteiger partial charge in [0.1, 0.15) is 6.54 Å². The van der Waals surface area contributed by atoms with Crippen LogP contribution in [0.2, 0.25) is 0 Å². The lowest BCUT2D eigenvalue weighted by Crippen LogP contribution is -2.70. The molecule has 10 heteroatoms. The van der Waals surface area contributed by atoms with Crippen molar-refractivity contribution in [3.05, 3.63) is 24.3 Å². The van der Waals surface area contributed by atoms with Crippen LogP contribution in [0.3, 0.4) is 0 Å². The van der Waals surface area contributed by atoms with Crippen molar-refractivity contribution < 1.29 is 9.90 Å². The highest BCUT2D eigenvalue weighted by Gasteiger charge is 2.50. The summed E-state index contributed by atoms with van der Waals surface area (Å²) in [5, 5.41) is 19.9. The first-order valence-corrected chi connectivity index (χ1v) is 10.7. The largest absolute Gasteiger partial charge is 0.465 e. The molecule has 1 aliphatic rings. The molecule has 1 aliphatic heterocycles. The first-order chi connectivity index (χ1) is 15.0. The van der Waals surface area contributed by atoms with E-state index in [1.165, 1.54) is 0 Å². The number of carboxylic acid groups (broad SMARTS) is 1. The second-order valence-corrected chi connectivity index (χ2v) is 9.83. The van der Waals surface area contributed by atoms with Crippen molar-refractivity contribution in [2.75, 3.05) is 24.6 Å². The molecule has 1 fully saturated rings. The maximum Gasteiger partial charge on any atom is 0.405 e. The van der Waals surface area contributed by atoms with Gasteiger partial charge >= 0.3 is 6.09 Å². The van der Waals surface area contributed by atoms with Crippen LogP contribution in [-0.2, 0) is 0 Å². The molecule has 1 amide bonds. The lowest BCUT2D eigenvalue weighted by Gasteiger charge is -2.52. The number of hydrogen-bond acceptors (Lipinski definition) is 6. The maximum absolute atomic E-state index is 11.4. The third kappa shape index (κ3) is 3.81. The number of benzene rings is 1. The number of hydrogen-bond donors (Lipinski definition) is 5. The van der Waals surface area contributed by atoms with Crippen LogP contribution in [-0.4, -0.2) is 56.0 Å². The molecule has 0 aliphatic carbocycles. The summed E-state index contributed by atoms with van der Waals surface area (Å²) in [4.78, 5) is 20.5. The predicted octanol–water partition coefficient (Wildman–Crippen LogP) is 2.97. The summed E-state index contributed by atoms with van der Waals surface area (Å²) in [6.07, 6.45) is -0.223. The van der Waals surface area contributed by atoms with E-state index in [0.29, 0.717) is 28.5 Å². The zero-order valence-corrected chi connectivity index (χ0v) is 18.9. The number of nitrogen functional groups attached to an aromatic ring is 2. The van der Waals surface area contributed by atoms with Gasteiger partial charge in [-0.15, -0.1) is 0 Å². The summed E-state index contributed by atoms with van der Waals surface area (Å²) in [7, 11) is 0. The third-order valence-corrected chi connectivity index (χ3v) is 6.51. The summed E-state index contributed by atoms with van der Waals surface area (Å²) < 4.78 is 0.498. The van der Waals surface area contributed by atoms with Gasteiger partial charge in [-0.3, -0.25) is 9.58 Å². The fourth-order valence-electron chi connectivity index (χ4n) is 5.00. The van der Waals surface area contributed by atoms with Crippen LogP contribution in [0, 0.1) is 5.92 Å². The van der Waals surface area contributed by atoms with Gasteiger partial charge in [-0.25, -0.2) is 9.78 Å². The molecule has 7 N–H and O–H groups in total. The lowest BCUT2D eigenvalue weighted by atomic mass is 9.87. The number of anilines is 2. The summed E-state index contributed by atoms with van der Waals surface area (Å²) in [6, 6.07) is 7.58. The van der Waals surface area contributed by atoms with Crippen molar-refractivity contribution in [3.63, 3.8) is 0 Å². The molecule has 0 saturated carbocycles. The summed E-state index contributed by atoms with van der Waals surface area (Å²) in [6.45, 7) is 10.0. The molecule has 1 unspecified atom stereocenters. The van der Waals surface area contributed by atoms with Gasteiger partial charge in [0.15, 0.2) is 5.82 Å². The number of rotatable bonds is 3. The smallest absolute Gasteiger partial charge is 0.405 e. The SMILES string of the molecule is C[C@@H]1C[C@@H](NC(=O)O)C[N+](c2cc(-c3ccc4c(N)n[nH]c4c3)nc(N)n2)(C(C)(C)C)C1. The van der Waals surface area contributed by atoms with Crippen LogP contribution >= 0.6 is 0 Å². The molecule has 0 radical (unpaired) electrons. The van der Waals surface area contributed by atoms with Gasteiger partial charge in [0.05, 0.1) is 29.3 Å². The summed E-state index contributed by atoms with van der Waals surface area (Å²) in [5.41, 5.74) is 14.2. The Kier molecular flexibility index (Phi) is 5.20. The van der Waals surface area contributed by atoms with E-state index in [4.69, 9.17) is 11.5 Å². The number of likely N-dealkylation sites (tertiary alicyclic amines) is 1. The number of carbonyl (C=O) groups is 1. The lowest BCUT2D eigenvalue weighted by molar-refractivity contribution is 0.0652. The highest BCUT2D eigenvalue weighted by Crippen LogP contribution is 2.39. The molecule has 10 nitrogen and oxygen atoms in total. The molecule has 3 aromatic rings. The van der Waals surface area contributed by atoms with Crippen LogP contribution in [0.25, 0.3) is 22.2 Å². The first-order valence-electron chi connectivity index (χ1n) is 10.7. The van der Waals surface area contributed by atoms with Crippen molar-refractivity contribution in [3.8, 4) is 11.3 Å². The Balaban J connectivity index is 1.83. The van der Waals surface area contributed by atoms with Gasteiger partial charge in [-0.2, -0.15) is 10.1 Å². The van der Waals surface area contributed by atoms with Crippen LogP contribution in [0.5, 0.6) is 0 Å². The molecular formula is C22H31N8O2+. The fourth-order valence-corrected chi connectivity index (χ4v) is 5.00. The number of nitrogens with zero attached hydrogens (tertiary/aromatic N) is 4. The second kappa shape index (κ2) is 7.63. The van der Waals surface area contributed by atoms with Gasteiger partial charge in [-0.1, -0.05) is 13.0 Å². The Bertz CT molecular complexity index is 1170. The average molecular weight is 440 g/mol. The topological polar surface area (TPSA) is 156 Å². The molecule has 0 spiro atoms. The molecular weight excluding hydrogens is 408 g/mol. The Morgan fingerprint density at radius 2 is 1.97 bits per heavy atom. The van der Waals surface area contributed by atoms with E-state index in [9.17, 15) is 9.90 Å². The fraction of sp³-hybridized carbons (Fsp3) is 0.455. The molecule has 1 aromatic carbocycles. The van der Waals surface area contributed by atoms with Crippen LogP contribution < -0.4 is 21.3 Å². The van der Waals surface area contributed by atoms with Crippen molar-refractivity contribution in [2.24, 2.45) is 5.92 Å². The maximum atomic E-state index is 11.4. The van der Waals surface area contributed by atoms with Crippen molar-refractivity contribution in [2.45, 2.75) is 45.7 Å². The van der Waals surface area contributed by atoms with Gasteiger partial charge in [-0.05, 0) is 39.3 Å². The summed E-state index contributed by atoms with van der Waals surface area (Å²) >= 11 is 0. The van der Waals surface area contributed by atoms with Crippen molar-refractivity contribution >= 4 is 34.6 Å². The standard InChI is InChI=1S/C22H30N8O2/c1-12-7-14(25-21(31)32)11-30(10-12,22(2,3)4)18-9-16(26-20(24)27-18)13-5-6-15-17(8-13)28-29-19(15)23/h5-6,8-9,12,14,25H,7,10-11H2,1-4H3,(H5-,23,24,26,27,28,29,31,32)/p+1/t12-,14-,30?/m1/s1. The van der Waals surface area contributed by atoms with Crippen LogP contribution in [0.4, 0.5) is 22.4 Å². The molecule has 0 bridgehead atoms. The molecule has 3 heterocycles. The van der Waals surface area contributed by atoms with E-state index in [1.54, 1.807) is 0 Å². The number of nitrogens with two attached hydrogens (primary N) is 2. The third-order valence-electron chi connectivity index (χ3n) is 6.51. The summed E-state index contributed by atoms with van der Waals surface area (Å²) in [5.74, 6) is 1.71. The molecule has 1 saturated heterocycles. The number of aromatic amines is 1. The van der Waals surface area contributed by atoms with E-state index in [2.05, 4.69) is 53.2 Å². The second-order valence-electron chi connectivity index (χ2n) is 9.83. The van der Waals surface area contributed by atoms with Gasteiger partial charge in [0, 0.05) is 22.9 Å². The van der Waals surface area contributed by atoms with E-state index in [0.717, 1.165) is 35.2 Å². The van der Waals surface area contributed by atoms with Crippen molar-refractivity contribution in [1.82, 2.24) is 30.0 Å². The minimum absolute atomic E-state index is 0.181. The molecule has 170 valence electrons. The number of H-pyrrole nitrogens is 1. The molecule has 3 atom stereocenters.